The Bertz CT molecular complexity index is 766. The molecule has 3 rings (SSSR count). The quantitative estimate of drug-likeness (QED) is 0.891. The van der Waals surface area contributed by atoms with Crippen LogP contribution in [0.1, 0.15) is 18.7 Å². The number of nitrogens with zero attached hydrogens (tertiary/aromatic N) is 2. The third-order valence-corrected chi connectivity index (χ3v) is 4.31. The summed E-state index contributed by atoms with van der Waals surface area (Å²) in [5.41, 5.74) is 5.78. The Balaban J connectivity index is 1.76. The molecule has 6 nitrogen and oxygen atoms in total. The van der Waals surface area contributed by atoms with Gasteiger partial charge in [0.05, 0.1) is 17.4 Å². The topological polar surface area (TPSA) is 92.1 Å². The number of likely N-dealkylation sites (tertiary alicyclic amines) is 1. The van der Waals surface area contributed by atoms with Crippen molar-refractivity contribution in [1.82, 2.24) is 14.9 Å². The number of halogens is 1. The number of benzene rings is 1. The molecule has 3 N–H and O–H groups in total. The highest BCUT2D eigenvalue weighted by Crippen LogP contribution is 2.18. The van der Waals surface area contributed by atoms with E-state index >= 15 is 0 Å². The maximum absolute atomic E-state index is 12.1. The molecular formula is C15H17ClN4O2. The summed E-state index contributed by atoms with van der Waals surface area (Å²) in [4.78, 5) is 32.7. The number of H-pyrrole nitrogens is 1. The van der Waals surface area contributed by atoms with E-state index in [1.165, 1.54) is 0 Å². The first-order valence-electron chi connectivity index (χ1n) is 7.23. The van der Waals surface area contributed by atoms with Crippen LogP contribution in [0.3, 0.4) is 0 Å². The van der Waals surface area contributed by atoms with Gasteiger partial charge >= 0.3 is 0 Å². The number of rotatable bonds is 3. The lowest BCUT2D eigenvalue weighted by atomic mass is 9.96. The SMILES string of the molecule is NC(=O)C1CCN(Cc2nc3ccc(Cl)cc3c(=O)[nH]2)CC1. The zero-order valence-electron chi connectivity index (χ0n) is 12.0. The van der Waals surface area contributed by atoms with Crippen molar-refractivity contribution >= 4 is 28.4 Å². The van der Waals surface area contributed by atoms with Gasteiger partial charge in [0.1, 0.15) is 5.82 Å². The summed E-state index contributed by atoms with van der Waals surface area (Å²) in [5, 5.41) is 1.00. The van der Waals surface area contributed by atoms with E-state index in [-0.39, 0.29) is 17.4 Å². The summed E-state index contributed by atoms with van der Waals surface area (Å²) in [6.07, 6.45) is 1.51. The number of carbonyl (C=O) groups excluding carboxylic acids is 1. The number of hydrogen-bond donors (Lipinski definition) is 2. The second-order valence-corrected chi connectivity index (χ2v) is 6.06. The third-order valence-electron chi connectivity index (χ3n) is 4.08. The zero-order valence-corrected chi connectivity index (χ0v) is 12.8. The first kappa shape index (κ1) is 15.0. The number of aromatic amines is 1. The van der Waals surface area contributed by atoms with Gasteiger partial charge in [0.2, 0.25) is 5.91 Å². The number of nitrogens with one attached hydrogen (secondary N) is 1. The minimum absolute atomic E-state index is 0.0398. The van der Waals surface area contributed by atoms with E-state index in [9.17, 15) is 9.59 Å². The molecule has 2 aromatic rings. The van der Waals surface area contributed by atoms with E-state index in [0.29, 0.717) is 28.3 Å². The molecular weight excluding hydrogens is 304 g/mol. The maximum atomic E-state index is 12.1. The van der Waals surface area contributed by atoms with Crippen molar-refractivity contribution in [3.63, 3.8) is 0 Å². The second-order valence-electron chi connectivity index (χ2n) is 5.63. The van der Waals surface area contributed by atoms with Crippen molar-refractivity contribution in [3.05, 3.63) is 39.4 Å². The van der Waals surface area contributed by atoms with Crippen LogP contribution in [0, 0.1) is 5.92 Å². The van der Waals surface area contributed by atoms with Crippen LogP contribution < -0.4 is 11.3 Å². The number of fused-ring (bicyclic) bond motifs is 1. The standard InChI is InChI=1S/C15H17ClN4O2/c16-10-1-2-12-11(7-10)15(22)19-13(18-12)8-20-5-3-9(4-6-20)14(17)21/h1-2,7,9H,3-6,8H2,(H2,17,21)(H,18,19,22). The Labute approximate surface area is 132 Å². The molecule has 0 spiro atoms. The van der Waals surface area contributed by atoms with Crippen molar-refractivity contribution < 1.29 is 4.79 Å². The van der Waals surface area contributed by atoms with E-state index in [4.69, 9.17) is 17.3 Å². The highest BCUT2D eigenvalue weighted by Gasteiger charge is 2.23. The van der Waals surface area contributed by atoms with Crippen molar-refractivity contribution in [1.29, 1.82) is 0 Å². The Kier molecular flexibility index (Phi) is 4.13. The molecule has 1 amide bonds. The normalized spacial score (nSPS) is 17.0. The fourth-order valence-corrected chi connectivity index (χ4v) is 2.99. The van der Waals surface area contributed by atoms with Gasteiger partial charge in [-0.2, -0.15) is 0 Å². The van der Waals surface area contributed by atoms with Gasteiger partial charge in [0.25, 0.3) is 5.56 Å². The van der Waals surface area contributed by atoms with Crippen molar-refractivity contribution in [2.24, 2.45) is 11.7 Å². The van der Waals surface area contributed by atoms with Crippen LogP contribution in [0.25, 0.3) is 10.9 Å². The number of amides is 1. The van der Waals surface area contributed by atoms with E-state index < -0.39 is 0 Å². The van der Waals surface area contributed by atoms with Crippen molar-refractivity contribution in [2.75, 3.05) is 13.1 Å². The van der Waals surface area contributed by atoms with Gasteiger partial charge in [-0.15, -0.1) is 0 Å². The van der Waals surface area contributed by atoms with Gasteiger partial charge < -0.3 is 10.7 Å². The van der Waals surface area contributed by atoms with E-state index in [2.05, 4.69) is 14.9 Å². The van der Waals surface area contributed by atoms with Crippen LogP contribution in [0.4, 0.5) is 0 Å². The van der Waals surface area contributed by atoms with Gasteiger partial charge in [-0.25, -0.2) is 4.98 Å². The molecule has 116 valence electrons. The van der Waals surface area contributed by atoms with Crippen LogP contribution >= 0.6 is 11.6 Å². The molecule has 0 unspecified atom stereocenters. The zero-order chi connectivity index (χ0) is 15.7. The van der Waals surface area contributed by atoms with Gasteiger partial charge in [0, 0.05) is 10.9 Å². The summed E-state index contributed by atoms with van der Waals surface area (Å²) in [6.45, 7) is 2.10. The summed E-state index contributed by atoms with van der Waals surface area (Å²) >= 11 is 5.90. The third kappa shape index (κ3) is 3.13. The maximum Gasteiger partial charge on any atom is 0.258 e. The molecule has 0 bridgehead atoms. The highest BCUT2D eigenvalue weighted by atomic mass is 35.5. The number of primary amides is 1. The minimum Gasteiger partial charge on any atom is -0.369 e. The minimum atomic E-state index is -0.228. The molecule has 1 aliphatic heterocycles. The summed E-state index contributed by atoms with van der Waals surface area (Å²) in [5.74, 6) is 0.355. The molecule has 1 aliphatic rings. The average molecular weight is 321 g/mol. The molecule has 7 heteroatoms. The fraction of sp³-hybridized carbons (Fsp3) is 0.400. The van der Waals surface area contributed by atoms with Crippen molar-refractivity contribution in [3.8, 4) is 0 Å². The molecule has 1 aromatic carbocycles. The molecule has 1 aromatic heterocycles. The predicted octanol–water partition coefficient (Wildman–Crippen LogP) is 1.27. The largest absolute Gasteiger partial charge is 0.369 e. The smallest absolute Gasteiger partial charge is 0.258 e. The van der Waals surface area contributed by atoms with Crippen LogP contribution in [0.2, 0.25) is 5.02 Å². The van der Waals surface area contributed by atoms with E-state index in [0.717, 1.165) is 25.9 Å². The molecule has 0 radical (unpaired) electrons. The summed E-state index contributed by atoms with van der Waals surface area (Å²) in [7, 11) is 0. The number of nitrogens with two attached hydrogens (primary N) is 1. The average Bonchev–Trinajstić information content (AvgIpc) is 2.49. The Morgan fingerprint density at radius 3 is 2.82 bits per heavy atom. The first-order chi connectivity index (χ1) is 10.5. The molecule has 22 heavy (non-hydrogen) atoms. The molecule has 0 saturated carbocycles. The second kappa shape index (κ2) is 6.06. The Morgan fingerprint density at radius 1 is 1.41 bits per heavy atom. The molecule has 1 fully saturated rings. The predicted molar refractivity (Wildman–Crippen MR) is 84.6 cm³/mol. The van der Waals surface area contributed by atoms with E-state index in [1.54, 1.807) is 18.2 Å². The monoisotopic (exact) mass is 320 g/mol. The van der Waals surface area contributed by atoms with Gasteiger partial charge in [-0.05, 0) is 44.1 Å². The lowest BCUT2D eigenvalue weighted by Crippen LogP contribution is -2.38. The lowest BCUT2D eigenvalue weighted by molar-refractivity contribution is -0.123. The molecule has 2 heterocycles. The number of piperidine rings is 1. The molecule has 0 atom stereocenters. The lowest BCUT2D eigenvalue weighted by Gasteiger charge is -2.29. The first-order valence-corrected chi connectivity index (χ1v) is 7.61. The summed E-state index contributed by atoms with van der Waals surface area (Å²) in [6, 6.07) is 5.08. The Hall–Kier alpha value is -1.92. The fourth-order valence-electron chi connectivity index (χ4n) is 2.82. The molecule has 1 saturated heterocycles. The number of carbonyl (C=O) groups is 1. The van der Waals surface area contributed by atoms with Gasteiger partial charge in [0.15, 0.2) is 0 Å². The summed E-state index contributed by atoms with van der Waals surface area (Å²) < 4.78 is 0. The highest BCUT2D eigenvalue weighted by molar-refractivity contribution is 6.31. The number of hydrogen-bond acceptors (Lipinski definition) is 4. The van der Waals surface area contributed by atoms with Crippen LogP contribution in [0.5, 0.6) is 0 Å². The van der Waals surface area contributed by atoms with Gasteiger partial charge in [-0.1, -0.05) is 11.6 Å². The number of aromatic nitrogens is 2. The Morgan fingerprint density at radius 2 is 2.14 bits per heavy atom. The van der Waals surface area contributed by atoms with Gasteiger partial charge in [-0.3, -0.25) is 14.5 Å². The van der Waals surface area contributed by atoms with Crippen molar-refractivity contribution in [2.45, 2.75) is 19.4 Å². The van der Waals surface area contributed by atoms with Crippen LogP contribution in [0.15, 0.2) is 23.0 Å². The van der Waals surface area contributed by atoms with Crippen LogP contribution in [-0.4, -0.2) is 33.9 Å². The van der Waals surface area contributed by atoms with E-state index in [1.807, 2.05) is 0 Å². The molecule has 0 aliphatic carbocycles. The van der Waals surface area contributed by atoms with Crippen LogP contribution in [-0.2, 0) is 11.3 Å².